The summed E-state index contributed by atoms with van der Waals surface area (Å²) in [5.41, 5.74) is 0. The molecule has 0 fully saturated rings. The van der Waals surface area contributed by atoms with Crippen LogP contribution in [0.1, 0.15) is 291 Å². The second-order valence-corrected chi connectivity index (χ2v) is 19.1. The molecule has 0 rings (SSSR count). The molecule has 59 heavy (non-hydrogen) atoms. The topological polar surface area (TPSA) is 78.9 Å². The molecular weight excluding hydrogens is 733 g/mol. The van der Waals surface area contributed by atoms with Gasteiger partial charge in [0.1, 0.15) is 13.2 Å². The normalized spacial score (nSPS) is 12.1. The van der Waals surface area contributed by atoms with Crippen LogP contribution in [0.2, 0.25) is 0 Å². The molecule has 1 atom stereocenters. The van der Waals surface area contributed by atoms with Gasteiger partial charge in [0.05, 0.1) is 0 Å². The average molecular weight is 835 g/mol. The summed E-state index contributed by atoms with van der Waals surface area (Å²) < 4.78 is 16.7. The van der Waals surface area contributed by atoms with Crippen molar-refractivity contribution >= 4 is 17.9 Å². The van der Waals surface area contributed by atoms with Gasteiger partial charge in [-0.3, -0.25) is 14.4 Å². The van der Waals surface area contributed by atoms with Gasteiger partial charge in [0.15, 0.2) is 6.10 Å². The Kier molecular flexibility index (Phi) is 44.7. The smallest absolute Gasteiger partial charge is 0.306 e. The lowest BCUT2D eigenvalue weighted by Crippen LogP contribution is -2.30. The van der Waals surface area contributed by atoms with Gasteiger partial charge in [-0.25, -0.2) is 0 Å². The predicted molar refractivity (Wildman–Crippen MR) is 252 cm³/mol. The van der Waals surface area contributed by atoms with E-state index in [9.17, 15) is 14.4 Å². The first-order valence-corrected chi connectivity index (χ1v) is 26.2. The van der Waals surface area contributed by atoms with Crippen LogP contribution in [0.25, 0.3) is 0 Å². The molecule has 0 radical (unpaired) electrons. The Labute approximate surface area is 368 Å². The minimum atomic E-state index is -0.759. The van der Waals surface area contributed by atoms with Gasteiger partial charge >= 0.3 is 17.9 Å². The number of hydrogen-bond donors (Lipinski definition) is 0. The van der Waals surface area contributed by atoms with E-state index in [4.69, 9.17) is 14.2 Å². The summed E-state index contributed by atoms with van der Waals surface area (Å²) >= 11 is 0. The zero-order chi connectivity index (χ0) is 43.3. The molecule has 0 aromatic carbocycles. The van der Waals surface area contributed by atoms with E-state index >= 15 is 0 Å². The molecule has 0 aromatic rings. The van der Waals surface area contributed by atoms with Crippen LogP contribution in [-0.4, -0.2) is 37.2 Å². The first-order valence-electron chi connectivity index (χ1n) is 26.2. The molecule has 6 heteroatoms. The van der Waals surface area contributed by atoms with Gasteiger partial charge in [0.2, 0.25) is 0 Å². The molecular formula is C53H102O6. The van der Waals surface area contributed by atoms with Crippen LogP contribution in [0.3, 0.4) is 0 Å². The SMILES string of the molecule is CCCCCCCC(=O)OC[C@@H](COC(=O)CCCCCCCCCCCCCCCCCCC(C)C)OC(=O)CCCCCCCCCCCCCCCCC(C)C. The molecule has 0 aromatic heterocycles. The number of ether oxygens (including phenoxy) is 3. The third kappa shape index (κ3) is 47.3. The summed E-state index contributed by atoms with van der Waals surface area (Å²) in [4.78, 5) is 37.7. The van der Waals surface area contributed by atoms with E-state index < -0.39 is 6.10 Å². The van der Waals surface area contributed by atoms with Gasteiger partial charge in [0, 0.05) is 19.3 Å². The second kappa shape index (κ2) is 45.9. The van der Waals surface area contributed by atoms with Gasteiger partial charge < -0.3 is 14.2 Å². The lowest BCUT2D eigenvalue weighted by atomic mass is 10.0. The largest absolute Gasteiger partial charge is 0.462 e. The van der Waals surface area contributed by atoms with Gasteiger partial charge in [0.25, 0.3) is 0 Å². The Morgan fingerprint density at radius 2 is 0.559 bits per heavy atom. The Morgan fingerprint density at radius 1 is 0.322 bits per heavy atom. The highest BCUT2D eigenvalue weighted by atomic mass is 16.6. The van der Waals surface area contributed by atoms with Crippen molar-refractivity contribution in [2.75, 3.05) is 13.2 Å². The summed E-state index contributed by atoms with van der Waals surface area (Å²) in [6, 6.07) is 0. The fourth-order valence-electron chi connectivity index (χ4n) is 7.99. The number of carbonyl (C=O) groups excluding carboxylic acids is 3. The lowest BCUT2D eigenvalue weighted by molar-refractivity contribution is -0.167. The van der Waals surface area contributed by atoms with E-state index in [-0.39, 0.29) is 31.1 Å². The van der Waals surface area contributed by atoms with Crippen molar-refractivity contribution in [2.24, 2.45) is 11.8 Å². The Balaban J connectivity index is 4.09. The highest BCUT2D eigenvalue weighted by molar-refractivity contribution is 5.71. The standard InChI is InChI=1S/C53H102O6/c1-6-7-8-31-38-43-51(54)57-46-50(59-53(56)45-40-35-30-26-22-18-14-13-16-20-24-28-33-37-42-49(4)5)47-58-52(55)44-39-34-29-25-21-17-12-10-9-11-15-19-23-27-32-36-41-48(2)3/h48-50H,6-47H2,1-5H3/t50-/m0/s1. The van der Waals surface area contributed by atoms with E-state index in [1.54, 1.807) is 0 Å². The summed E-state index contributed by atoms with van der Waals surface area (Å²) in [7, 11) is 0. The maximum atomic E-state index is 12.7. The number of hydrogen-bond acceptors (Lipinski definition) is 6. The second-order valence-electron chi connectivity index (χ2n) is 19.1. The van der Waals surface area contributed by atoms with Gasteiger partial charge in [-0.1, -0.05) is 253 Å². The molecule has 6 nitrogen and oxygen atoms in total. The molecule has 0 N–H and O–H groups in total. The quantitative estimate of drug-likeness (QED) is 0.0345. The van der Waals surface area contributed by atoms with Crippen LogP contribution < -0.4 is 0 Å². The summed E-state index contributed by atoms with van der Waals surface area (Å²) in [5.74, 6) is 0.836. The summed E-state index contributed by atoms with van der Waals surface area (Å²) in [6.45, 7) is 11.3. The molecule has 0 aliphatic heterocycles. The summed E-state index contributed by atoms with van der Waals surface area (Å²) in [6.07, 6.45) is 47.0. The van der Waals surface area contributed by atoms with Crippen LogP contribution in [0, 0.1) is 11.8 Å². The van der Waals surface area contributed by atoms with Crippen LogP contribution in [0.5, 0.6) is 0 Å². The van der Waals surface area contributed by atoms with Crippen molar-refractivity contribution in [2.45, 2.75) is 298 Å². The molecule has 0 spiro atoms. The molecule has 0 aliphatic rings. The van der Waals surface area contributed by atoms with Crippen molar-refractivity contribution in [3.63, 3.8) is 0 Å². The molecule has 0 aliphatic carbocycles. The van der Waals surface area contributed by atoms with Crippen molar-refractivity contribution in [3.8, 4) is 0 Å². The van der Waals surface area contributed by atoms with Crippen molar-refractivity contribution in [1.82, 2.24) is 0 Å². The number of esters is 3. The number of unbranched alkanes of at least 4 members (excludes halogenated alkanes) is 32. The molecule has 0 saturated heterocycles. The van der Waals surface area contributed by atoms with Crippen LogP contribution in [-0.2, 0) is 28.6 Å². The zero-order valence-electron chi connectivity index (χ0n) is 40.4. The molecule has 0 amide bonds. The highest BCUT2D eigenvalue weighted by Crippen LogP contribution is 2.18. The van der Waals surface area contributed by atoms with E-state index in [1.165, 1.54) is 173 Å². The maximum Gasteiger partial charge on any atom is 0.306 e. The van der Waals surface area contributed by atoms with Crippen LogP contribution in [0.15, 0.2) is 0 Å². The van der Waals surface area contributed by atoms with Crippen molar-refractivity contribution in [1.29, 1.82) is 0 Å². The molecule has 0 unspecified atom stereocenters. The average Bonchev–Trinajstić information content (AvgIpc) is 3.20. The Hall–Kier alpha value is -1.59. The number of rotatable bonds is 47. The molecule has 0 heterocycles. The molecule has 0 bridgehead atoms. The fraction of sp³-hybridized carbons (Fsp3) is 0.943. The number of carbonyl (C=O) groups is 3. The first kappa shape index (κ1) is 57.4. The molecule has 350 valence electrons. The van der Waals surface area contributed by atoms with Gasteiger partial charge in [-0.15, -0.1) is 0 Å². The van der Waals surface area contributed by atoms with E-state index in [2.05, 4.69) is 34.6 Å². The van der Waals surface area contributed by atoms with Crippen molar-refractivity contribution < 1.29 is 28.6 Å². The Morgan fingerprint density at radius 3 is 0.831 bits per heavy atom. The maximum absolute atomic E-state index is 12.7. The highest BCUT2D eigenvalue weighted by Gasteiger charge is 2.19. The van der Waals surface area contributed by atoms with E-state index in [1.807, 2.05) is 0 Å². The fourth-order valence-corrected chi connectivity index (χ4v) is 7.99. The Bertz CT molecular complexity index is 900. The minimum absolute atomic E-state index is 0.0644. The predicted octanol–water partition coefficient (Wildman–Crippen LogP) is 16.9. The first-order chi connectivity index (χ1) is 28.7. The minimum Gasteiger partial charge on any atom is -0.462 e. The molecule has 0 saturated carbocycles. The van der Waals surface area contributed by atoms with E-state index in [0.717, 1.165) is 76.0 Å². The van der Waals surface area contributed by atoms with Crippen molar-refractivity contribution in [3.05, 3.63) is 0 Å². The van der Waals surface area contributed by atoms with Gasteiger partial charge in [-0.2, -0.15) is 0 Å². The lowest BCUT2D eigenvalue weighted by Gasteiger charge is -2.18. The van der Waals surface area contributed by atoms with Gasteiger partial charge in [-0.05, 0) is 31.1 Å². The third-order valence-corrected chi connectivity index (χ3v) is 12.0. The monoisotopic (exact) mass is 835 g/mol. The third-order valence-electron chi connectivity index (χ3n) is 12.0. The van der Waals surface area contributed by atoms with E-state index in [0.29, 0.717) is 19.3 Å². The van der Waals surface area contributed by atoms with Crippen LogP contribution in [0.4, 0.5) is 0 Å². The summed E-state index contributed by atoms with van der Waals surface area (Å²) in [5, 5.41) is 0. The van der Waals surface area contributed by atoms with Crippen LogP contribution >= 0.6 is 0 Å². The zero-order valence-corrected chi connectivity index (χ0v) is 40.4.